The van der Waals surface area contributed by atoms with Gasteiger partial charge >= 0.3 is 0 Å². The second-order valence-electron chi connectivity index (χ2n) is 15.6. The largest absolute Gasteiger partial charge is 0.297 e. The Bertz CT molecular complexity index is 1500. The van der Waals surface area contributed by atoms with Gasteiger partial charge in [0, 0.05) is 12.8 Å². The normalized spacial score (nSPS) is 14.6. The average Bonchev–Trinajstić information content (AvgIpc) is 3.02. The number of allylic oxidation sites excluding steroid dienone is 13. The molecule has 0 aliphatic heterocycles. The van der Waals surface area contributed by atoms with E-state index in [0.29, 0.717) is 12.8 Å². The topological polar surface area (TPSA) is 43.4 Å². The van der Waals surface area contributed by atoms with Crippen molar-refractivity contribution in [3.8, 4) is 0 Å². The Labute approximate surface area is 315 Å². The van der Waals surface area contributed by atoms with Gasteiger partial charge < -0.3 is 0 Å². The summed E-state index contributed by atoms with van der Waals surface area (Å²) in [5.74, 6) is 0. The van der Waals surface area contributed by atoms with Crippen molar-refractivity contribution in [3.05, 3.63) is 123 Å². The maximum atomic E-state index is 14.0. The van der Waals surface area contributed by atoms with Crippen LogP contribution in [0.25, 0.3) is 0 Å². The Hall–Kier alpha value is -2.95. The van der Waals surface area contributed by atoms with Crippen LogP contribution in [0.4, 0.5) is 0 Å². The molecule has 0 fully saturated rings. The van der Waals surface area contributed by atoms with Gasteiger partial charge in [0.15, 0.2) is 0 Å². The van der Waals surface area contributed by atoms with Crippen LogP contribution in [-0.4, -0.2) is 14.0 Å². The Morgan fingerprint density at radius 2 is 0.843 bits per heavy atom. The Kier molecular flexibility index (Phi) is 22.0. The van der Waals surface area contributed by atoms with Crippen molar-refractivity contribution >= 4 is 10.1 Å². The first-order chi connectivity index (χ1) is 23.9. The Morgan fingerprint density at radius 1 is 0.510 bits per heavy atom. The van der Waals surface area contributed by atoms with Gasteiger partial charge in [0.2, 0.25) is 0 Å². The highest BCUT2D eigenvalue weighted by Gasteiger charge is 2.34. The van der Waals surface area contributed by atoms with Crippen LogP contribution in [0.5, 0.6) is 0 Å². The second kappa shape index (κ2) is 24.3. The van der Waals surface area contributed by atoms with E-state index in [4.69, 9.17) is 4.18 Å². The van der Waals surface area contributed by atoms with Crippen molar-refractivity contribution in [1.29, 1.82) is 0 Å². The second-order valence-corrected chi connectivity index (χ2v) is 17.1. The molecule has 1 aromatic rings. The minimum atomic E-state index is -4.04. The fourth-order valence-corrected chi connectivity index (χ4v) is 6.93. The van der Waals surface area contributed by atoms with Crippen LogP contribution in [0.1, 0.15) is 159 Å². The summed E-state index contributed by atoms with van der Waals surface area (Å²) in [6, 6.07) is 6.97. The lowest BCUT2D eigenvalue weighted by atomic mass is 9.89. The molecule has 0 heterocycles. The van der Waals surface area contributed by atoms with Crippen molar-refractivity contribution < 1.29 is 12.6 Å². The maximum Gasteiger partial charge on any atom is 0.297 e. The summed E-state index contributed by atoms with van der Waals surface area (Å²) in [6.07, 6.45) is 28.8. The average molecular weight is 717 g/mol. The maximum absolute atomic E-state index is 14.0. The summed E-state index contributed by atoms with van der Waals surface area (Å²) in [4.78, 5) is 0.192. The van der Waals surface area contributed by atoms with Crippen molar-refractivity contribution in [3.63, 3.8) is 0 Å². The molecule has 0 N–H and O–H groups in total. The molecule has 1 aromatic carbocycles. The molecule has 3 nitrogen and oxygen atoms in total. The minimum Gasteiger partial charge on any atom is -0.255 e. The number of rotatable bonds is 23. The van der Waals surface area contributed by atoms with E-state index in [1.54, 1.807) is 12.1 Å². The predicted octanol–water partition coefficient (Wildman–Crippen LogP) is 14.8. The van der Waals surface area contributed by atoms with E-state index < -0.39 is 15.7 Å². The molecule has 0 aromatic heterocycles. The minimum absolute atomic E-state index is 0.192. The first kappa shape index (κ1) is 46.1. The zero-order valence-corrected chi connectivity index (χ0v) is 35.4. The van der Waals surface area contributed by atoms with Crippen molar-refractivity contribution in [1.82, 2.24) is 0 Å². The van der Waals surface area contributed by atoms with E-state index in [1.807, 2.05) is 19.1 Å². The fourth-order valence-electron chi connectivity index (χ4n) is 5.75. The molecule has 0 saturated carbocycles. The van der Waals surface area contributed by atoms with Crippen LogP contribution in [0.2, 0.25) is 0 Å². The van der Waals surface area contributed by atoms with Crippen LogP contribution in [0.15, 0.2) is 122 Å². The Balaban J connectivity index is 3.48. The van der Waals surface area contributed by atoms with Crippen LogP contribution >= 0.6 is 0 Å². The summed E-state index contributed by atoms with van der Waals surface area (Å²) in [5.41, 5.74) is 10.4. The van der Waals surface area contributed by atoms with Crippen molar-refractivity contribution in [2.75, 3.05) is 0 Å². The summed E-state index contributed by atoms with van der Waals surface area (Å²) >= 11 is 0. The molecule has 4 heteroatoms. The molecule has 0 radical (unpaired) electrons. The van der Waals surface area contributed by atoms with Crippen LogP contribution in [0.3, 0.4) is 0 Å². The lowest BCUT2D eigenvalue weighted by Crippen LogP contribution is -2.33. The lowest BCUT2D eigenvalue weighted by Gasteiger charge is -2.30. The first-order valence-electron chi connectivity index (χ1n) is 19.2. The summed E-state index contributed by atoms with van der Waals surface area (Å²) in [7, 11) is -4.04. The molecule has 0 unspecified atom stereocenters. The van der Waals surface area contributed by atoms with Crippen LogP contribution < -0.4 is 0 Å². The molecule has 51 heavy (non-hydrogen) atoms. The quantitative estimate of drug-likeness (QED) is 0.0836. The third-order valence-corrected chi connectivity index (χ3v) is 10.4. The monoisotopic (exact) mass is 717 g/mol. The summed E-state index contributed by atoms with van der Waals surface area (Å²) in [6.45, 7) is 25.6. The highest BCUT2D eigenvalue weighted by molar-refractivity contribution is 7.86. The van der Waals surface area contributed by atoms with E-state index >= 15 is 0 Å². The van der Waals surface area contributed by atoms with Crippen LogP contribution in [0, 0.1) is 6.92 Å². The third kappa shape index (κ3) is 21.9. The zero-order chi connectivity index (χ0) is 38.5. The molecule has 1 rings (SSSR count). The molecule has 0 amide bonds. The number of aryl methyl sites for hydroxylation is 1. The molecule has 0 aliphatic carbocycles. The van der Waals surface area contributed by atoms with E-state index in [1.165, 1.54) is 39.0 Å². The van der Waals surface area contributed by atoms with Gasteiger partial charge in [-0.15, -0.1) is 0 Å². The standard InChI is InChI=1S/C47H72O3S/c1-37(2)18-13-21-40(7)23-16-25-42(9)32-34-47(36-45(12)27-15-20-39(5)6,50-51(48,49)46-30-28-44(11)29-31-46)35-33-43(10)26-17-24-41(8)22-14-19-38(3)4/h18-20,23-24,28-33,36H,13-17,21-22,25-27,34-35H2,1-12H3/b40-23?,41-24?,42-32?,43-33?,45-36+. The molecular weight excluding hydrogens is 645 g/mol. The molecule has 0 bridgehead atoms. The van der Waals surface area contributed by atoms with Gasteiger partial charge in [-0.2, -0.15) is 8.42 Å². The first-order valence-corrected chi connectivity index (χ1v) is 20.6. The van der Waals surface area contributed by atoms with Crippen molar-refractivity contribution in [2.45, 2.75) is 171 Å². The van der Waals surface area contributed by atoms with Gasteiger partial charge in [-0.3, -0.25) is 4.18 Å². The van der Waals surface area contributed by atoms with Gasteiger partial charge in [0.25, 0.3) is 10.1 Å². The third-order valence-electron chi connectivity index (χ3n) is 9.02. The number of hydrogen-bond acceptors (Lipinski definition) is 3. The van der Waals surface area contributed by atoms with Crippen molar-refractivity contribution in [2.24, 2.45) is 0 Å². The zero-order valence-electron chi connectivity index (χ0n) is 34.5. The van der Waals surface area contributed by atoms with E-state index in [-0.39, 0.29) is 4.90 Å². The van der Waals surface area contributed by atoms with Gasteiger partial charge in [-0.25, -0.2) is 0 Å². The highest BCUT2D eigenvalue weighted by atomic mass is 32.2. The van der Waals surface area contributed by atoms with E-state index in [2.05, 4.69) is 125 Å². The van der Waals surface area contributed by atoms with Gasteiger partial charge in [0.1, 0.15) is 5.60 Å². The Morgan fingerprint density at radius 3 is 1.22 bits per heavy atom. The number of hydrogen-bond donors (Lipinski definition) is 0. The molecule has 0 saturated heterocycles. The molecular formula is C47H72O3S. The fraction of sp³-hybridized carbons (Fsp3) is 0.532. The highest BCUT2D eigenvalue weighted by Crippen LogP contribution is 2.33. The molecule has 0 aliphatic rings. The molecule has 0 spiro atoms. The summed E-state index contributed by atoms with van der Waals surface area (Å²) < 4.78 is 34.3. The SMILES string of the molecule is CC(C)=CCCC(C)=CCCC(C)=CCC(/C=C(\C)CCC=C(C)C)(CC=C(C)CCC=C(C)CCC=C(C)C)OS(=O)(=O)c1ccc(C)cc1. The smallest absolute Gasteiger partial charge is 0.255 e. The lowest BCUT2D eigenvalue weighted by molar-refractivity contribution is 0.133. The summed E-state index contributed by atoms with van der Waals surface area (Å²) in [5, 5.41) is 0. The van der Waals surface area contributed by atoms with Gasteiger partial charge in [0.05, 0.1) is 4.90 Å². The predicted molar refractivity (Wildman–Crippen MR) is 225 cm³/mol. The molecule has 0 atom stereocenters. The van der Waals surface area contributed by atoms with Gasteiger partial charge in [-0.1, -0.05) is 111 Å². The van der Waals surface area contributed by atoms with Crippen LogP contribution in [-0.2, 0) is 14.3 Å². The van der Waals surface area contributed by atoms with Gasteiger partial charge in [-0.05, 0) is 159 Å². The van der Waals surface area contributed by atoms with E-state index in [0.717, 1.165) is 75.3 Å². The number of benzene rings is 1. The molecule has 284 valence electrons. The van der Waals surface area contributed by atoms with E-state index in [9.17, 15) is 8.42 Å².